The molecule has 1 aromatic carbocycles. The van der Waals surface area contributed by atoms with Gasteiger partial charge in [-0.05, 0) is 18.1 Å². The van der Waals surface area contributed by atoms with Crippen molar-refractivity contribution in [1.82, 2.24) is 9.78 Å². The van der Waals surface area contributed by atoms with Crippen LogP contribution in [0.25, 0.3) is 5.69 Å². The summed E-state index contributed by atoms with van der Waals surface area (Å²) in [4.78, 5) is 0. The molecule has 0 spiro atoms. The third-order valence-corrected chi connectivity index (χ3v) is 3.48. The number of methoxy groups -OCH3 is 1. The van der Waals surface area contributed by atoms with E-state index < -0.39 is 0 Å². The monoisotopic (exact) mass is 308 g/mol. The van der Waals surface area contributed by atoms with Crippen molar-refractivity contribution < 1.29 is 4.74 Å². The molecule has 2 rings (SSSR count). The second-order valence-electron chi connectivity index (χ2n) is 4.46. The molecule has 18 heavy (non-hydrogen) atoms. The van der Waals surface area contributed by atoms with Crippen LogP contribution in [0.5, 0.6) is 5.75 Å². The summed E-state index contributed by atoms with van der Waals surface area (Å²) < 4.78 is 7.25. The molecule has 0 bridgehead atoms. The lowest BCUT2D eigenvalue weighted by molar-refractivity contribution is 0.414. The van der Waals surface area contributed by atoms with Crippen LogP contribution in [-0.4, -0.2) is 16.9 Å². The fourth-order valence-electron chi connectivity index (χ4n) is 2.06. The Morgan fingerprint density at radius 3 is 2.78 bits per heavy atom. The van der Waals surface area contributed by atoms with Gasteiger partial charge < -0.3 is 4.74 Å². The fourth-order valence-corrected chi connectivity index (χ4v) is 2.49. The van der Waals surface area contributed by atoms with Gasteiger partial charge in [0.25, 0.3) is 0 Å². The molecule has 3 nitrogen and oxygen atoms in total. The molecule has 0 saturated heterocycles. The number of rotatable bonds is 4. The van der Waals surface area contributed by atoms with Gasteiger partial charge in [-0.1, -0.05) is 35.8 Å². The summed E-state index contributed by atoms with van der Waals surface area (Å²) in [5.41, 5.74) is 3.50. The van der Waals surface area contributed by atoms with Gasteiger partial charge in [-0.15, -0.1) is 0 Å². The van der Waals surface area contributed by atoms with E-state index >= 15 is 0 Å². The largest absolute Gasteiger partial charge is 0.497 e. The van der Waals surface area contributed by atoms with Gasteiger partial charge in [-0.3, -0.25) is 0 Å². The number of benzene rings is 1. The summed E-state index contributed by atoms with van der Waals surface area (Å²) in [7, 11) is 1.68. The van der Waals surface area contributed by atoms with Crippen molar-refractivity contribution in [3.63, 3.8) is 0 Å². The molecule has 0 saturated carbocycles. The molecule has 96 valence electrons. The van der Waals surface area contributed by atoms with Gasteiger partial charge in [-0.2, -0.15) is 5.10 Å². The van der Waals surface area contributed by atoms with Crippen LogP contribution in [0.15, 0.2) is 30.5 Å². The van der Waals surface area contributed by atoms with Crippen LogP contribution in [0.1, 0.15) is 31.0 Å². The van der Waals surface area contributed by atoms with Crippen LogP contribution in [0.3, 0.4) is 0 Å². The minimum absolute atomic E-state index is 0.422. The smallest absolute Gasteiger partial charge is 0.121 e. The Hall–Kier alpha value is -1.29. The van der Waals surface area contributed by atoms with Gasteiger partial charge >= 0.3 is 0 Å². The third kappa shape index (κ3) is 2.43. The van der Waals surface area contributed by atoms with Gasteiger partial charge in [0.1, 0.15) is 5.75 Å². The number of halogens is 1. The maximum absolute atomic E-state index is 5.26. The molecule has 0 aliphatic rings. The van der Waals surface area contributed by atoms with Crippen LogP contribution < -0.4 is 4.74 Å². The van der Waals surface area contributed by atoms with Crippen molar-refractivity contribution in [2.24, 2.45) is 0 Å². The van der Waals surface area contributed by atoms with Crippen LogP contribution in [0.4, 0.5) is 0 Å². The maximum Gasteiger partial charge on any atom is 0.121 e. The van der Waals surface area contributed by atoms with Crippen LogP contribution in [0.2, 0.25) is 0 Å². The molecule has 0 fully saturated rings. The van der Waals surface area contributed by atoms with E-state index in [1.54, 1.807) is 7.11 Å². The van der Waals surface area contributed by atoms with Crippen molar-refractivity contribution >= 4 is 15.9 Å². The topological polar surface area (TPSA) is 27.1 Å². The number of hydrogen-bond acceptors (Lipinski definition) is 2. The highest BCUT2D eigenvalue weighted by Crippen LogP contribution is 2.26. The van der Waals surface area contributed by atoms with Gasteiger partial charge in [0.05, 0.1) is 24.7 Å². The van der Waals surface area contributed by atoms with E-state index in [1.165, 1.54) is 11.3 Å². The second kappa shape index (κ2) is 5.57. The number of aromatic nitrogens is 2. The van der Waals surface area contributed by atoms with Crippen molar-refractivity contribution in [2.75, 3.05) is 7.11 Å². The summed E-state index contributed by atoms with van der Waals surface area (Å²) in [5, 5.41) is 5.31. The normalized spacial score (nSPS) is 10.9. The average molecular weight is 309 g/mol. The first-order valence-corrected chi connectivity index (χ1v) is 7.06. The molecule has 1 aromatic heterocycles. The first-order chi connectivity index (χ1) is 8.67. The summed E-state index contributed by atoms with van der Waals surface area (Å²) in [5.74, 6) is 1.27. The zero-order chi connectivity index (χ0) is 13.1. The quantitative estimate of drug-likeness (QED) is 0.801. The standard InChI is InChI=1S/C14H17BrN2O/c1-10(2)14-11(8-15)9-16-17(14)12-5-4-6-13(7-12)18-3/h4-7,9-10H,8H2,1-3H3. The van der Waals surface area contributed by atoms with Crippen molar-refractivity contribution in [3.8, 4) is 11.4 Å². The van der Waals surface area contributed by atoms with E-state index in [0.717, 1.165) is 16.8 Å². The molecule has 0 unspecified atom stereocenters. The number of hydrogen-bond donors (Lipinski definition) is 0. The minimum atomic E-state index is 0.422. The summed E-state index contributed by atoms with van der Waals surface area (Å²) in [6, 6.07) is 7.96. The third-order valence-electron chi connectivity index (χ3n) is 2.87. The second-order valence-corrected chi connectivity index (χ2v) is 5.02. The van der Waals surface area contributed by atoms with Crippen LogP contribution in [-0.2, 0) is 5.33 Å². The number of ether oxygens (including phenoxy) is 1. The predicted octanol–water partition coefficient (Wildman–Crippen LogP) is 3.90. The Bertz CT molecular complexity index is 534. The van der Waals surface area contributed by atoms with Crippen LogP contribution >= 0.6 is 15.9 Å². The molecule has 4 heteroatoms. The number of alkyl halides is 1. The Morgan fingerprint density at radius 1 is 1.39 bits per heavy atom. The zero-order valence-corrected chi connectivity index (χ0v) is 12.4. The number of nitrogens with zero attached hydrogens (tertiary/aromatic N) is 2. The van der Waals surface area contributed by atoms with Crippen LogP contribution in [0, 0.1) is 0 Å². The Balaban J connectivity index is 2.52. The lowest BCUT2D eigenvalue weighted by Crippen LogP contribution is -2.05. The molecule has 0 amide bonds. The first kappa shape index (κ1) is 13.1. The molecular weight excluding hydrogens is 292 g/mol. The minimum Gasteiger partial charge on any atom is -0.497 e. The highest BCUT2D eigenvalue weighted by atomic mass is 79.9. The summed E-state index contributed by atoms with van der Waals surface area (Å²) >= 11 is 3.51. The molecule has 0 N–H and O–H groups in total. The van der Waals surface area contributed by atoms with Crippen molar-refractivity contribution in [1.29, 1.82) is 0 Å². The molecule has 0 aliphatic carbocycles. The van der Waals surface area contributed by atoms with E-state index in [4.69, 9.17) is 4.74 Å². The highest BCUT2D eigenvalue weighted by molar-refractivity contribution is 9.08. The van der Waals surface area contributed by atoms with Gasteiger partial charge in [0.2, 0.25) is 0 Å². The molecular formula is C14H17BrN2O. The SMILES string of the molecule is COc1cccc(-n2ncc(CBr)c2C(C)C)c1. The van der Waals surface area contributed by atoms with Crippen molar-refractivity contribution in [3.05, 3.63) is 41.7 Å². The Morgan fingerprint density at radius 2 is 2.17 bits per heavy atom. The molecule has 1 heterocycles. The Labute approximate surface area is 116 Å². The maximum atomic E-state index is 5.26. The molecule has 0 atom stereocenters. The van der Waals surface area contributed by atoms with E-state index in [-0.39, 0.29) is 0 Å². The van der Waals surface area contributed by atoms with E-state index in [2.05, 4.69) is 34.9 Å². The van der Waals surface area contributed by atoms with Crippen molar-refractivity contribution in [2.45, 2.75) is 25.1 Å². The van der Waals surface area contributed by atoms with Gasteiger partial charge in [-0.25, -0.2) is 4.68 Å². The van der Waals surface area contributed by atoms with E-state index in [9.17, 15) is 0 Å². The van der Waals surface area contributed by atoms with E-state index in [0.29, 0.717) is 5.92 Å². The lowest BCUT2D eigenvalue weighted by Gasteiger charge is -2.12. The van der Waals surface area contributed by atoms with Gasteiger partial charge in [0.15, 0.2) is 0 Å². The lowest BCUT2D eigenvalue weighted by atomic mass is 10.1. The molecule has 0 aliphatic heterocycles. The average Bonchev–Trinajstić information content (AvgIpc) is 2.82. The molecule has 2 aromatic rings. The fraction of sp³-hybridized carbons (Fsp3) is 0.357. The first-order valence-electron chi connectivity index (χ1n) is 5.94. The predicted molar refractivity (Wildman–Crippen MR) is 76.8 cm³/mol. The van der Waals surface area contributed by atoms with Gasteiger partial charge in [0, 0.05) is 17.0 Å². The highest BCUT2D eigenvalue weighted by Gasteiger charge is 2.14. The summed E-state index contributed by atoms with van der Waals surface area (Å²) in [6.45, 7) is 4.36. The Kier molecular flexibility index (Phi) is 4.07. The summed E-state index contributed by atoms with van der Waals surface area (Å²) in [6.07, 6.45) is 1.92. The molecule has 0 radical (unpaired) electrons. The van der Waals surface area contributed by atoms with E-state index in [1.807, 2.05) is 35.1 Å². The zero-order valence-electron chi connectivity index (χ0n) is 10.9.